The monoisotopic (exact) mass is 312 g/mol. The summed E-state index contributed by atoms with van der Waals surface area (Å²) in [6.45, 7) is 0. The van der Waals surface area contributed by atoms with Crippen LogP contribution >= 0.6 is 11.6 Å². The molecule has 0 saturated carbocycles. The Morgan fingerprint density at radius 1 is 1.09 bits per heavy atom. The number of rotatable bonds is 3. The van der Waals surface area contributed by atoms with Crippen molar-refractivity contribution < 1.29 is 9.53 Å². The lowest BCUT2D eigenvalue weighted by Gasteiger charge is -2.06. The van der Waals surface area contributed by atoms with Gasteiger partial charge in [-0.2, -0.15) is 0 Å². The highest BCUT2D eigenvalue weighted by Crippen LogP contribution is 2.20. The molecule has 2 aromatic carbocycles. The van der Waals surface area contributed by atoms with E-state index in [1.165, 1.54) is 0 Å². The van der Waals surface area contributed by atoms with Crippen molar-refractivity contribution in [3.8, 4) is 5.75 Å². The van der Waals surface area contributed by atoms with Crippen molar-refractivity contribution >= 4 is 34.1 Å². The van der Waals surface area contributed by atoms with Crippen molar-refractivity contribution in [3.05, 3.63) is 65.3 Å². The number of benzene rings is 2. The van der Waals surface area contributed by atoms with Crippen LogP contribution in [0.4, 0.5) is 5.69 Å². The number of halogens is 1. The summed E-state index contributed by atoms with van der Waals surface area (Å²) in [5.41, 5.74) is 1.77. The molecule has 1 aromatic heterocycles. The molecule has 0 unspecified atom stereocenters. The van der Waals surface area contributed by atoms with Gasteiger partial charge in [0.15, 0.2) is 0 Å². The normalized spacial score (nSPS) is 10.5. The molecule has 3 aromatic rings. The molecule has 0 fully saturated rings. The summed E-state index contributed by atoms with van der Waals surface area (Å²) in [7, 11) is 1.61. The molecule has 0 aliphatic rings. The number of anilines is 1. The molecule has 0 aliphatic heterocycles. The van der Waals surface area contributed by atoms with Gasteiger partial charge in [0.25, 0.3) is 5.91 Å². The van der Waals surface area contributed by atoms with Crippen LogP contribution in [-0.2, 0) is 0 Å². The quantitative estimate of drug-likeness (QED) is 0.790. The third-order valence-corrected chi connectivity index (χ3v) is 3.48. The fraction of sp³-hybridized carbons (Fsp3) is 0.0588. The van der Waals surface area contributed by atoms with Gasteiger partial charge in [-0.25, -0.2) is 4.98 Å². The van der Waals surface area contributed by atoms with Crippen molar-refractivity contribution in [2.45, 2.75) is 0 Å². The summed E-state index contributed by atoms with van der Waals surface area (Å²) in [5.74, 6) is 0.493. The van der Waals surface area contributed by atoms with E-state index < -0.39 is 0 Å². The Bertz CT molecular complexity index is 832. The summed E-state index contributed by atoms with van der Waals surface area (Å²) >= 11 is 5.82. The SMILES string of the molecule is COc1ccc2nc(C(=O)Nc3ccc(Cl)cc3)ccc2c1. The molecule has 110 valence electrons. The first-order valence-electron chi connectivity index (χ1n) is 6.67. The Morgan fingerprint density at radius 3 is 2.59 bits per heavy atom. The molecule has 1 heterocycles. The molecule has 0 atom stereocenters. The summed E-state index contributed by atoms with van der Waals surface area (Å²) in [5, 5.41) is 4.33. The number of methoxy groups -OCH3 is 1. The second-order valence-electron chi connectivity index (χ2n) is 4.72. The maximum absolute atomic E-state index is 12.2. The standard InChI is InChI=1S/C17H13ClN2O2/c1-22-14-7-9-15-11(10-14)2-8-16(20-15)17(21)19-13-5-3-12(18)4-6-13/h2-10H,1H3,(H,19,21). The minimum absolute atomic E-state index is 0.264. The fourth-order valence-electron chi connectivity index (χ4n) is 2.09. The smallest absolute Gasteiger partial charge is 0.274 e. The second kappa shape index (κ2) is 6.03. The van der Waals surface area contributed by atoms with Gasteiger partial charge in [0.1, 0.15) is 11.4 Å². The third-order valence-electron chi connectivity index (χ3n) is 3.23. The van der Waals surface area contributed by atoms with E-state index in [9.17, 15) is 4.79 Å². The molecular weight excluding hydrogens is 300 g/mol. The molecule has 0 radical (unpaired) electrons. The van der Waals surface area contributed by atoms with Crippen LogP contribution in [0.1, 0.15) is 10.5 Å². The topological polar surface area (TPSA) is 51.2 Å². The van der Waals surface area contributed by atoms with Crippen LogP contribution in [0.2, 0.25) is 5.02 Å². The molecule has 0 bridgehead atoms. The highest BCUT2D eigenvalue weighted by Gasteiger charge is 2.09. The Kier molecular flexibility index (Phi) is 3.94. The predicted octanol–water partition coefficient (Wildman–Crippen LogP) is 4.15. The van der Waals surface area contributed by atoms with Gasteiger partial charge in [-0.05, 0) is 48.5 Å². The molecule has 0 spiro atoms. The van der Waals surface area contributed by atoms with Gasteiger partial charge < -0.3 is 10.1 Å². The van der Waals surface area contributed by atoms with E-state index in [1.54, 1.807) is 37.4 Å². The average molecular weight is 313 g/mol. The first kappa shape index (κ1) is 14.4. The molecule has 4 nitrogen and oxygen atoms in total. The maximum atomic E-state index is 12.2. The zero-order valence-electron chi connectivity index (χ0n) is 11.8. The van der Waals surface area contributed by atoms with Crippen LogP contribution in [0.5, 0.6) is 5.75 Å². The van der Waals surface area contributed by atoms with Gasteiger partial charge in [0.05, 0.1) is 12.6 Å². The molecule has 0 saturated heterocycles. The van der Waals surface area contributed by atoms with Crippen LogP contribution < -0.4 is 10.1 Å². The molecule has 5 heteroatoms. The Morgan fingerprint density at radius 2 is 1.86 bits per heavy atom. The summed E-state index contributed by atoms with van der Waals surface area (Å²) in [4.78, 5) is 16.6. The number of ether oxygens (including phenoxy) is 1. The van der Waals surface area contributed by atoms with Crippen LogP contribution in [0, 0.1) is 0 Å². The lowest BCUT2D eigenvalue weighted by Crippen LogP contribution is -2.13. The lowest BCUT2D eigenvalue weighted by molar-refractivity contribution is 0.102. The van der Waals surface area contributed by atoms with Crippen LogP contribution in [0.25, 0.3) is 10.9 Å². The van der Waals surface area contributed by atoms with Gasteiger partial charge in [0.2, 0.25) is 0 Å². The first-order valence-corrected chi connectivity index (χ1v) is 7.05. The highest BCUT2D eigenvalue weighted by atomic mass is 35.5. The number of nitrogens with one attached hydrogen (secondary N) is 1. The van der Waals surface area contributed by atoms with E-state index in [1.807, 2.05) is 24.3 Å². The molecule has 3 rings (SSSR count). The van der Waals surface area contributed by atoms with Gasteiger partial charge in [-0.15, -0.1) is 0 Å². The third kappa shape index (κ3) is 3.02. The van der Waals surface area contributed by atoms with Gasteiger partial charge in [-0.3, -0.25) is 4.79 Å². The summed E-state index contributed by atoms with van der Waals surface area (Å²) in [6.07, 6.45) is 0. The van der Waals surface area contributed by atoms with E-state index in [0.29, 0.717) is 16.4 Å². The van der Waals surface area contributed by atoms with Crippen molar-refractivity contribution in [1.29, 1.82) is 0 Å². The van der Waals surface area contributed by atoms with Crippen molar-refractivity contribution in [2.24, 2.45) is 0 Å². The zero-order chi connectivity index (χ0) is 15.5. The largest absolute Gasteiger partial charge is 0.497 e. The Balaban J connectivity index is 1.86. The van der Waals surface area contributed by atoms with Gasteiger partial charge in [-0.1, -0.05) is 17.7 Å². The predicted molar refractivity (Wildman–Crippen MR) is 87.7 cm³/mol. The average Bonchev–Trinajstić information content (AvgIpc) is 2.56. The van der Waals surface area contributed by atoms with Gasteiger partial charge in [0, 0.05) is 16.1 Å². The second-order valence-corrected chi connectivity index (χ2v) is 5.15. The number of fused-ring (bicyclic) bond motifs is 1. The van der Waals surface area contributed by atoms with Gasteiger partial charge >= 0.3 is 0 Å². The molecule has 22 heavy (non-hydrogen) atoms. The zero-order valence-corrected chi connectivity index (χ0v) is 12.6. The lowest BCUT2D eigenvalue weighted by atomic mass is 10.2. The van der Waals surface area contributed by atoms with Crippen molar-refractivity contribution in [1.82, 2.24) is 4.98 Å². The fourth-order valence-corrected chi connectivity index (χ4v) is 2.21. The number of amides is 1. The molecule has 0 aliphatic carbocycles. The summed E-state index contributed by atoms with van der Waals surface area (Å²) < 4.78 is 5.17. The Labute approximate surface area is 132 Å². The number of pyridine rings is 1. The van der Waals surface area contributed by atoms with Crippen molar-refractivity contribution in [2.75, 3.05) is 12.4 Å². The number of carbonyl (C=O) groups is 1. The van der Waals surface area contributed by atoms with E-state index in [-0.39, 0.29) is 5.91 Å². The number of carbonyl (C=O) groups excluding carboxylic acids is 1. The van der Waals surface area contributed by atoms with Crippen LogP contribution in [-0.4, -0.2) is 18.0 Å². The summed E-state index contributed by atoms with van der Waals surface area (Å²) in [6, 6.07) is 16.0. The Hall–Kier alpha value is -2.59. The minimum Gasteiger partial charge on any atom is -0.497 e. The first-order chi connectivity index (χ1) is 10.7. The van der Waals surface area contributed by atoms with Crippen molar-refractivity contribution in [3.63, 3.8) is 0 Å². The number of aromatic nitrogens is 1. The number of hydrogen-bond acceptors (Lipinski definition) is 3. The number of hydrogen-bond donors (Lipinski definition) is 1. The van der Waals surface area contributed by atoms with E-state index in [0.717, 1.165) is 16.7 Å². The van der Waals surface area contributed by atoms with E-state index in [2.05, 4.69) is 10.3 Å². The van der Waals surface area contributed by atoms with Crippen LogP contribution in [0.3, 0.4) is 0 Å². The maximum Gasteiger partial charge on any atom is 0.274 e. The molecule has 1 amide bonds. The highest BCUT2D eigenvalue weighted by molar-refractivity contribution is 6.30. The van der Waals surface area contributed by atoms with E-state index in [4.69, 9.17) is 16.3 Å². The molecular formula is C17H13ClN2O2. The molecule has 1 N–H and O–H groups in total. The van der Waals surface area contributed by atoms with Crippen LogP contribution in [0.15, 0.2) is 54.6 Å². The number of nitrogens with zero attached hydrogens (tertiary/aromatic N) is 1. The van der Waals surface area contributed by atoms with E-state index >= 15 is 0 Å². The minimum atomic E-state index is -0.264.